The summed E-state index contributed by atoms with van der Waals surface area (Å²) in [6.07, 6.45) is 0.322. The summed E-state index contributed by atoms with van der Waals surface area (Å²) in [5.74, 6) is -0.728. The Labute approximate surface area is 144 Å². The molecule has 2 amide bonds. The smallest absolute Gasteiger partial charge is 0.312 e. The molecule has 0 bridgehead atoms. The molecule has 0 heterocycles. The molecule has 7 nitrogen and oxygen atoms in total. The van der Waals surface area contributed by atoms with Gasteiger partial charge in [-0.25, -0.2) is 4.79 Å². The van der Waals surface area contributed by atoms with Crippen LogP contribution in [-0.2, 0) is 9.59 Å². The predicted octanol–water partition coefficient (Wildman–Crippen LogP) is 0.983. The number of aliphatic hydroxyl groups excluding tert-OH is 1. The summed E-state index contributed by atoms with van der Waals surface area (Å²) >= 11 is 0. The largest absolute Gasteiger partial charge is 0.391 e. The van der Waals surface area contributed by atoms with Gasteiger partial charge in [0.25, 0.3) is 0 Å². The van der Waals surface area contributed by atoms with Crippen LogP contribution in [0.5, 0.6) is 0 Å². The second-order valence-corrected chi connectivity index (χ2v) is 6.90. The third-order valence-electron chi connectivity index (χ3n) is 3.79. The van der Waals surface area contributed by atoms with Crippen molar-refractivity contribution in [3.8, 4) is 0 Å². The minimum absolute atomic E-state index is 0.0244. The number of nitrogens with two attached hydrogens (primary N) is 1. The van der Waals surface area contributed by atoms with Crippen molar-refractivity contribution < 1.29 is 19.5 Å². The van der Waals surface area contributed by atoms with Gasteiger partial charge >= 0.3 is 6.03 Å². The minimum atomic E-state index is -0.828. The van der Waals surface area contributed by atoms with E-state index in [9.17, 15) is 19.5 Å². The first-order valence-corrected chi connectivity index (χ1v) is 8.60. The van der Waals surface area contributed by atoms with Gasteiger partial charge in [0.05, 0.1) is 12.1 Å². The molecule has 0 fully saturated rings. The van der Waals surface area contributed by atoms with Gasteiger partial charge in [-0.05, 0) is 19.8 Å². The first kappa shape index (κ1) is 22.5. The van der Waals surface area contributed by atoms with Crippen LogP contribution in [0.4, 0.5) is 4.79 Å². The Kier molecular flexibility index (Phi) is 10.5. The third kappa shape index (κ3) is 8.98. The highest BCUT2D eigenvalue weighted by molar-refractivity contribution is 5.91. The molecular formula is C17H33N3O4. The normalized spacial score (nSPS) is 15.2. The van der Waals surface area contributed by atoms with E-state index >= 15 is 0 Å². The molecule has 0 aromatic carbocycles. The number of nitrogens with one attached hydrogen (secondary N) is 2. The zero-order valence-electron chi connectivity index (χ0n) is 15.5. The number of hydrogen-bond donors (Lipinski definition) is 4. The number of carbonyl (C=O) groups is 3. The zero-order chi connectivity index (χ0) is 18.9. The van der Waals surface area contributed by atoms with Crippen molar-refractivity contribution in [3.63, 3.8) is 0 Å². The van der Waals surface area contributed by atoms with Crippen molar-refractivity contribution in [3.05, 3.63) is 0 Å². The van der Waals surface area contributed by atoms with E-state index in [1.165, 1.54) is 0 Å². The van der Waals surface area contributed by atoms with Crippen molar-refractivity contribution >= 4 is 17.6 Å². The molecule has 0 aliphatic rings. The van der Waals surface area contributed by atoms with Gasteiger partial charge in [0, 0.05) is 30.8 Å². The first-order chi connectivity index (χ1) is 11.1. The fourth-order valence-corrected chi connectivity index (χ4v) is 2.61. The Morgan fingerprint density at radius 3 is 2.08 bits per heavy atom. The summed E-state index contributed by atoms with van der Waals surface area (Å²) in [6, 6.07) is -1.24. The van der Waals surface area contributed by atoms with E-state index in [4.69, 9.17) is 5.73 Å². The molecule has 7 heteroatoms. The van der Waals surface area contributed by atoms with Crippen LogP contribution in [0.3, 0.4) is 0 Å². The minimum Gasteiger partial charge on any atom is -0.391 e. The monoisotopic (exact) mass is 343 g/mol. The van der Waals surface area contributed by atoms with E-state index in [2.05, 4.69) is 10.6 Å². The van der Waals surface area contributed by atoms with Gasteiger partial charge in [0.15, 0.2) is 5.78 Å². The number of urea groups is 1. The number of aliphatic hydroxyl groups is 1. The lowest BCUT2D eigenvalue weighted by atomic mass is 9.85. The van der Waals surface area contributed by atoms with Gasteiger partial charge in [0.1, 0.15) is 5.78 Å². The van der Waals surface area contributed by atoms with Gasteiger partial charge in [-0.2, -0.15) is 0 Å². The maximum atomic E-state index is 12.5. The molecule has 0 radical (unpaired) electrons. The number of ketones is 2. The van der Waals surface area contributed by atoms with Crippen LogP contribution in [0.2, 0.25) is 0 Å². The molecule has 0 aliphatic heterocycles. The summed E-state index contributed by atoms with van der Waals surface area (Å²) < 4.78 is 0. The average molecular weight is 343 g/mol. The Morgan fingerprint density at radius 2 is 1.67 bits per heavy atom. The molecule has 3 atom stereocenters. The highest BCUT2D eigenvalue weighted by atomic mass is 16.3. The lowest BCUT2D eigenvalue weighted by molar-refractivity contribution is -0.132. The predicted molar refractivity (Wildman–Crippen MR) is 93.5 cm³/mol. The average Bonchev–Trinajstić information content (AvgIpc) is 2.45. The number of rotatable bonds is 12. The van der Waals surface area contributed by atoms with E-state index in [-0.39, 0.29) is 29.9 Å². The van der Waals surface area contributed by atoms with Gasteiger partial charge in [0.2, 0.25) is 0 Å². The summed E-state index contributed by atoms with van der Waals surface area (Å²) in [5.41, 5.74) is 5.01. The molecule has 0 saturated heterocycles. The summed E-state index contributed by atoms with van der Waals surface area (Å²) in [7, 11) is 0. The molecule has 5 N–H and O–H groups in total. The van der Waals surface area contributed by atoms with Crippen LogP contribution in [0.15, 0.2) is 0 Å². The Hall–Kier alpha value is -1.47. The Balaban J connectivity index is 4.85. The summed E-state index contributed by atoms with van der Waals surface area (Å²) in [5, 5.41) is 15.4. The Morgan fingerprint density at radius 1 is 1.08 bits per heavy atom. The molecule has 1 unspecified atom stereocenters. The van der Waals surface area contributed by atoms with Crippen LogP contribution in [0.1, 0.15) is 53.9 Å². The fraction of sp³-hybridized carbons (Fsp3) is 0.824. The molecule has 0 aromatic heterocycles. The quantitative estimate of drug-likeness (QED) is 0.394. The number of hydrogen-bond acceptors (Lipinski definition) is 5. The van der Waals surface area contributed by atoms with E-state index in [1.54, 1.807) is 20.8 Å². The maximum absolute atomic E-state index is 12.5. The van der Waals surface area contributed by atoms with E-state index in [0.29, 0.717) is 19.4 Å². The topological polar surface area (TPSA) is 122 Å². The zero-order valence-corrected chi connectivity index (χ0v) is 15.5. The molecule has 140 valence electrons. The number of carbonyl (C=O) groups excluding carboxylic acids is 3. The van der Waals surface area contributed by atoms with Crippen LogP contribution < -0.4 is 16.4 Å². The van der Waals surface area contributed by atoms with Crippen molar-refractivity contribution in [1.82, 2.24) is 10.6 Å². The number of primary amides is 1. The molecule has 0 aliphatic carbocycles. The van der Waals surface area contributed by atoms with E-state index < -0.39 is 24.1 Å². The van der Waals surface area contributed by atoms with Crippen LogP contribution >= 0.6 is 0 Å². The van der Waals surface area contributed by atoms with Crippen LogP contribution in [0.25, 0.3) is 0 Å². The van der Waals surface area contributed by atoms with Crippen molar-refractivity contribution in [2.75, 3.05) is 6.54 Å². The lowest BCUT2D eigenvalue weighted by Gasteiger charge is -2.25. The van der Waals surface area contributed by atoms with E-state index in [0.717, 1.165) is 0 Å². The second-order valence-electron chi connectivity index (χ2n) is 6.90. The fourth-order valence-electron chi connectivity index (χ4n) is 2.61. The van der Waals surface area contributed by atoms with Crippen molar-refractivity contribution in [2.24, 2.45) is 17.6 Å². The molecule has 0 saturated carbocycles. The maximum Gasteiger partial charge on any atom is 0.312 e. The molecular weight excluding hydrogens is 310 g/mol. The number of amides is 2. The first-order valence-electron chi connectivity index (χ1n) is 8.60. The third-order valence-corrected chi connectivity index (χ3v) is 3.79. The summed E-state index contributed by atoms with van der Waals surface area (Å²) in [6.45, 7) is 9.34. The highest BCUT2D eigenvalue weighted by Gasteiger charge is 2.30. The SMILES string of the molecule is CC(C)N[C@H](C(=O)C[C@@H](CCCNC(N)=O)C(=O)C(C)C)C(C)O. The van der Waals surface area contributed by atoms with Gasteiger partial charge in [-0.3, -0.25) is 9.59 Å². The Bertz CT molecular complexity index is 422. The molecule has 24 heavy (non-hydrogen) atoms. The van der Waals surface area contributed by atoms with Crippen molar-refractivity contribution in [1.29, 1.82) is 0 Å². The second kappa shape index (κ2) is 11.1. The van der Waals surface area contributed by atoms with E-state index in [1.807, 2.05) is 13.8 Å². The molecule has 0 rings (SSSR count). The highest BCUT2D eigenvalue weighted by Crippen LogP contribution is 2.19. The molecule has 0 spiro atoms. The standard InChI is InChI=1S/C17H33N3O4/c1-10(2)16(23)13(7-6-8-19-17(18)24)9-14(22)15(12(5)21)20-11(3)4/h10-13,15,20-21H,6-9H2,1-5H3,(H3,18,19,24)/t12?,13-,15+/m1/s1. The van der Waals surface area contributed by atoms with Crippen LogP contribution in [0, 0.1) is 11.8 Å². The van der Waals surface area contributed by atoms with Crippen molar-refractivity contribution in [2.45, 2.75) is 72.1 Å². The van der Waals surface area contributed by atoms with Crippen LogP contribution in [-0.4, -0.2) is 47.4 Å². The lowest BCUT2D eigenvalue weighted by Crippen LogP contribution is -2.48. The summed E-state index contributed by atoms with van der Waals surface area (Å²) in [4.78, 5) is 35.6. The molecule has 0 aromatic rings. The number of Topliss-reactive ketones (excluding diaryl/α,β-unsaturated/α-hetero) is 2. The van der Waals surface area contributed by atoms with Gasteiger partial charge in [-0.1, -0.05) is 27.7 Å². The van der Waals surface area contributed by atoms with Gasteiger partial charge in [-0.15, -0.1) is 0 Å². The van der Waals surface area contributed by atoms with Gasteiger partial charge < -0.3 is 21.5 Å².